The first-order valence-electron chi connectivity index (χ1n) is 12.7. The normalized spacial score (nSPS) is 17.6. The zero-order chi connectivity index (χ0) is 28.9. The minimum Gasteiger partial charge on any atom is -0.480 e. The van der Waals surface area contributed by atoms with Gasteiger partial charge in [-0.1, -0.05) is 60.8 Å². The van der Waals surface area contributed by atoms with Crippen LogP contribution in [0.15, 0.2) is 0 Å². The van der Waals surface area contributed by atoms with E-state index in [4.69, 9.17) is 5.73 Å². The Balaban J connectivity index is 5.89. The molecule has 0 unspecified atom stereocenters. The van der Waals surface area contributed by atoms with E-state index in [1.54, 1.807) is 20.8 Å². The second kappa shape index (κ2) is 17.5. The number of hydrogen-bond donors (Lipinski definition) is 8. The van der Waals surface area contributed by atoms with Crippen molar-refractivity contribution in [3.63, 3.8) is 0 Å². The maximum Gasteiger partial charge on any atom is 0.327 e. The Morgan fingerprint density at radius 2 is 0.973 bits per heavy atom. The monoisotopic (exact) mass is 563 g/mol. The number of carboxylic acids is 1. The minimum absolute atomic E-state index is 0.105. The van der Waals surface area contributed by atoms with Gasteiger partial charge in [0.1, 0.15) is 24.2 Å². The standard InChI is InChI=1S/C24H45N5O6S2/c1-7-12(4)17(21(31)26-16(11-37)24(34)35)28-23(33)19(14(6)9-3)29-22(32)18(13(5)8-2)27-20(30)15(25)10-36/h12-19,36-37H,7-11,25H2,1-6H3,(H,26,31)(H,27,30)(H,28,33)(H,29,32)(H,34,35)/t12-,13-,14-,15-,16-,17-,18-,19-/m0/s1. The first-order chi connectivity index (χ1) is 17.3. The highest BCUT2D eigenvalue weighted by molar-refractivity contribution is 7.80. The molecule has 7 N–H and O–H groups in total. The Kier molecular flexibility index (Phi) is 16.6. The number of aliphatic carboxylic acids is 1. The van der Waals surface area contributed by atoms with Crippen molar-refractivity contribution >= 4 is 54.9 Å². The summed E-state index contributed by atoms with van der Waals surface area (Å²) in [5.41, 5.74) is 5.75. The maximum absolute atomic E-state index is 13.4. The molecular weight excluding hydrogens is 518 g/mol. The summed E-state index contributed by atoms with van der Waals surface area (Å²) in [7, 11) is 0. The molecule has 0 rings (SSSR count). The number of carboxylic acid groups (broad SMARTS) is 1. The highest BCUT2D eigenvalue weighted by atomic mass is 32.1. The highest BCUT2D eigenvalue weighted by Gasteiger charge is 2.36. The Hall–Kier alpha value is -1.99. The van der Waals surface area contributed by atoms with E-state index in [0.717, 1.165) is 0 Å². The van der Waals surface area contributed by atoms with Crippen LogP contribution in [-0.2, 0) is 24.0 Å². The van der Waals surface area contributed by atoms with E-state index in [0.29, 0.717) is 19.3 Å². The summed E-state index contributed by atoms with van der Waals surface area (Å²) in [4.78, 5) is 63.3. The highest BCUT2D eigenvalue weighted by Crippen LogP contribution is 2.15. The molecule has 0 bridgehead atoms. The van der Waals surface area contributed by atoms with Gasteiger partial charge in [0.25, 0.3) is 0 Å². The predicted molar refractivity (Wildman–Crippen MR) is 149 cm³/mol. The summed E-state index contributed by atoms with van der Waals surface area (Å²) in [6.45, 7) is 10.9. The Morgan fingerprint density at radius 3 is 1.24 bits per heavy atom. The molecule has 0 radical (unpaired) electrons. The summed E-state index contributed by atoms with van der Waals surface area (Å²) in [6, 6.07) is -5.06. The van der Waals surface area contributed by atoms with Crippen molar-refractivity contribution in [3.8, 4) is 0 Å². The van der Waals surface area contributed by atoms with E-state index in [1.165, 1.54) is 0 Å². The molecule has 214 valence electrons. The van der Waals surface area contributed by atoms with Gasteiger partial charge in [-0.3, -0.25) is 19.2 Å². The fourth-order valence-electron chi connectivity index (χ4n) is 3.38. The van der Waals surface area contributed by atoms with Crippen molar-refractivity contribution in [2.45, 2.75) is 91.0 Å². The molecule has 4 amide bonds. The van der Waals surface area contributed by atoms with Crippen molar-refractivity contribution in [1.82, 2.24) is 21.3 Å². The van der Waals surface area contributed by atoms with Gasteiger partial charge >= 0.3 is 5.97 Å². The van der Waals surface area contributed by atoms with Crippen molar-refractivity contribution in [2.75, 3.05) is 11.5 Å². The zero-order valence-electron chi connectivity index (χ0n) is 22.6. The van der Waals surface area contributed by atoms with Crippen LogP contribution in [0.5, 0.6) is 0 Å². The summed E-state index contributed by atoms with van der Waals surface area (Å²) in [5, 5.41) is 19.8. The number of rotatable bonds is 17. The molecular formula is C24H45N5O6S2. The number of amides is 4. The average molecular weight is 564 g/mol. The van der Waals surface area contributed by atoms with Crippen LogP contribution in [0, 0.1) is 17.8 Å². The summed E-state index contributed by atoms with van der Waals surface area (Å²) < 4.78 is 0. The molecule has 37 heavy (non-hydrogen) atoms. The molecule has 0 aliphatic carbocycles. The third kappa shape index (κ3) is 11.1. The van der Waals surface area contributed by atoms with Crippen molar-refractivity contribution in [1.29, 1.82) is 0 Å². The molecule has 0 aliphatic heterocycles. The molecule has 0 fully saturated rings. The quantitative estimate of drug-likeness (QED) is 0.117. The van der Waals surface area contributed by atoms with Gasteiger partial charge in [-0.2, -0.15) is 25.3 Å². The molecule has 0 aromatic heterocycles. The van der Waals surface area contributed by atoms with E-state index in [1.807, 2.05) is 20.8 Å². The first kappa shape index (κ1) is 35.0. The van der Waals surface area contributed by atoms with Crippen LogP contribution in [-0.4, -0.2) is 76.4 Å². The van der Waals surface area contributed by atoms with Gasteiger partial charge in [-0.15, -0.1) is 0 Å². The van der Waals surface area contributed by atoms with Gasteiger partial charge < -0.3 is 32.1 Å². The predicted octanol–water partition coefficient (Wildman–Crippen LogP) is 0.335. The molecule has 0 saturated heterocycles. The number of hydrogen-bond acceptors (Lipinski definition) is 8. The van der Waals surface area contributed by atoms with Crippen LogP contribution < -0.4 is 27.0 Å². The van der Waals surface area contributed by atoms with Crippen LogP contribution in [0.2, 0.25) is 0 Å². The van der Waals surface area contributed by atoms with E-state index in [9.17, 15) is 29.1 Å². The van der Waals surface area contributed by atoms with E-state index >= 15 is 0 Å². The minimum atomic E-state index is -1.24. The summed E-state index contributed by atoms with van der Waals surface area (Å²) in [6.07, 6.45) is 1.66. The average Bonchev–Trinajstić information content (AvgIpc) is 2.88. The van der Waals surface area contributed by atoms with Crippen LogP contribution in [0.4, 0.5) is 0 Å². The molecule has 0 heterocycles. The Labute approximate surface area is 231 Å². The first-order valence-corrected chi connectivity index (χ1v) is 14.0. The molecule has 8 atom stereocenters. The van der Waals surface area contributed by atoms with Gasteiger partial charge in [-0.25, -0.2) is 4.79 Å². The van der Waals surface area contributed by atoms with E-state index < -0.39 is 59.8 Å². The smallest absolute Gasteiger partial charge is 0.327 e. The van der Waals surface area contributed by atoms with Gasteiger partial charge in [0.15, 0.2) is 0 Å². The number of carbonyl (C=O) groups is 5. The molecule has 0 aromatic rings. The zero-order valence-corrected chi connectivity index (χ0v) is 24.4. The van der Waals surface area contributed by atoms with Gasteiger partial charge in [-0.05, 0) is 17.8 Å². The SMILES string of the molecule is CC[C@H](C)[C@H](NC(=O)[C@@H](NC(=O)[C@@H](NC(=O)[C@@H](N)CS)[C@@H](C)CC)[C@@H](C)CC)C(=O)N[C@@H](CS)C(=O)O. The van der Waals surface area contributed by atoms with Crippen LogP contribution in [0.3, 0.4) is 0 Å². The molecule has 13 heteroatoms. The lowest BCUT2D eigenvalue weighted by atomic mass is 9.93. The van der Waals surface area contributed by atoms with Gasteiger partial charge in [0.05, 0.1) is 6.04 Å². The van der Waals surface area contributed by atoms with Gasteiger partial charge in [0.2, 0.25) is 23.6 Å². The number of thiol groups is 2. The fraction of sp³-hybridized carbons (Fsp3) is 0.792. The van der Waals surface area contributed by atoms with Crippen molar-refractivity contribution in [2.24, 2.45) is 23.5 Å². The fourth-order valence-corrected chi connectivity index (χ4v) is 3.80. The van der Waals surface area contributed by atoms with Gasteiger partial charge in [0, 0.05) is 11.5 Å². The Bertz CT molecular complexity index is 787. The number of nitrogens with one attached hydrogen (secondary N) is 4. The third-order valence-electron chi connectivity index (χ3n) is 6.71. The molecule has 0 aliphatic rings. The Morgan fingerprint density at radius 1 is 0.649 bits per heavy atom. The van der Waals surface area contributed by atoms with E-state index in [2.05, 4.69) is 46.5 Å². The summed E-state index contributed by atoms with van der Waals surface area (Å²) >= 11 is 7.99. The van der Waals surface area contributed by atoms with Crippen LogP contribution in [0.1, 0.15) is 60.8 Å². The van der Waals surface area contributed by atoms with Crippen LogP contribution >= 0.6 is 25.3 Å². The third-order valence-corrected chi connectivity index (χ3v) is 7.47. The lowest BCUT2D eigenvalue weighted by molar-refractivity contribution is -0.142. The lowest BCUT2D eigenvalue weighted by Gasteiger charge is -2.31. The summed E-state index contributed by atoms with van der Waals surface area (Å²) in [5.74, 6) is -4.41. The second-order valence-electron chi connectivity index (χ2n) is 9.49. The number of carbonyl (C=O) groups excluding carboxylic acids is 4. The molecule has 0 saturated carbocycles. The second-order valence-corrected chi connectivity index (χ2v) is 10.2. The molecule has 0 spiro atoms. The van der Waals surface area contributed by atoms with Crippen LogP contribution in [0.25, 0.3) is 0 Å². The molecule has 0 aromatic carbocycles. The lowest BCUT2D eigenvalue weighted by Crippen LogP contribution is -2.61. The van der Waals surface area contributed by atoms with Crippen molar-refractivity contribution in [3.05, 3.63) is 0 Å². The largest absolute Gasteiger partial charge is 0.480 e. The molecule has 11 nitrogen and oxygen atoms in total. The number of nitrogens with two attached hydrogens (primary N) is 1. The van der Waals surface area contributed by atoms with E-state index in [-0.39, 0.29) is 29.3 Å². The topological polar surface area (TPSA) is 180 Å². The maximum atomic E-state index is 13.4. The van der Waals surface area contributed by atoms with Crippen molar-refractivity contribution < 1.29 is 29.1 Å².